The molecule has 2 aromatic heterocycles. The number of hydrogen-bond acceptors (Lipinski definition) is 5. The number of pyridine rings is 2. The number of esters is 1. The van der Waals surface area contributed by atoms with Gasteiger partial charge in [0.25, 0.3) is 0 Å². The summed E-state index contributed by atoms with van der Waals surface area (Å²) in [6, 6.07) is 14.3. The Hall–Kier alpha value is -2.14. The summed E-state index contributed by atoms with van der Waals surface area (Å²) in [6.45, 7) is 0. The van der Waals surface area contributed by atoms with Gasteiger partial charge in [0.15, 0.2) is 0 Å². The number of nitrogens with zero attached hydrogens (tertiary/aromatic N) is 2. The second kappa shape index (κ2) is 11.3. The molecular formula is C25H17AsCl4N2O3. The van der Waals surface area contributed by atoms with Gasteiger partial charge in [0.05, 0.1) is 0 Å². The Balaban J connectivity index is 1.60. The molecule has 2 heterocycles. The molecule has 0 bridgehead atoms. The number of halogens is 4. The summed E-state index contributed by atoms with van der Waals surface area (Å²) in [6.07, 6.45) is 3.39. The van der Waals surface area contributed by atoms with E-state index in [1.165, 1.54) is 19.5 Å². The van der Waals surface area contributed by atoms with E-state index in [4.69, 9.17) is 51.1 Å². The van der Waals surface area contributed by atoms with E-state index in [2.05, 4.69) is 9.97 Å². The average Bonchev–Trinajstić information content (AvgIpc) is 2.83. The number of rotatable bonds is 7. The van der Waals surface area contributed by atoms with Crippen LogP contribution in [0.5, 0.6) is 0 Å². The second-order valence-electron chi connectivity index (χ2n) is 7.55. The Bertz CT molecular complexity index is 1410. The zero-order chi connectivity index (χ0) is 25.1. The molecule has 0 aliphatic carbocycles. The fraction of sp³-hybridized carbons (Fsp3) is 0.120. The molecule has 2 unspecified atom stereocenters. The molecule has 10 heteroatoms. The van der Waals surface area contributed by atoms with Gasteiger partial charge in [-0.05, 0) is 0 Å². The van der Waals surface area contributed by atoms with Crippen molar-refractivity contribution in [2.45, 2.75) is 11.1 Å². The summed E-state index contributed by atoms with van der Waals surface area (Å²) in [5.41, 5.74) is 3.11. The van der Waals surface area contributed by atoms with Gasteiger partial charge in [0.1, 0.15) is 0 Å². The standard InChI is InChI=1S/C25H17AsCl4N2O3/c1-35-25(34)15(26-24(33)23-16(27)3-2-4-17(23)28)10-13-5-7-20-14(9-13)6-8-21(32-20)22-18(29)11-31-12-19(22)30/h2-9,11-12,15,26H,10H2,1H3. The van der Waals surface area contributed by atoms with Crippen LogP contribution in [0.15, 0.2) is 60.9 Å². The Kier molecular flexibility index (Phi) is 8.36. The van der Waals surface area contributed by atoms with Crippen LogP contribution in [-0.4, -0.2) is 43.4 Å². The molecule has 0 saturated carbocycles. The summed E-state index contributed by atoms with van der Waals surface area (Å²) < 4.78 is 4.20. The van der Waals surface area contributed by atoms with Gasteiger partial charge in [-0.25, -0.2) is 0 Å². The Morgan fingerprint density at radius 1 is 0.943 bits per heavy atom. The molecule has 4 rings (SSSR count). The molecule has 0 amide bonds. The van der Waals surface area contributed by atoms with Crippen molar-refractivity contribution in [3.63, 3.8) is 0 Å². The molecular weight excluding hydrogens is 593 g/mol. The number of aromatic nitrogens is 2. The third kappa shape index (κ3) is 5.82. The van der Waals surface area contributed by atoms with Crippen molar-refractivity contribution in [1.82, 2.24) is 9.97 Å². The Morgan fingerprint density at radius 2 is 1.63 bits per heavy atom. The molecule has 178 valence electrons. The van der Waals surface area contributed by atoms with Crippen LogP contribution in [0.25, 0.3) is 22.2 Å². The second-order valence-corrected chi connectivity index (χ2v) is 12.2. The minimum absolute atomic E-state index is 0.200. The normalized spacial score (nSPS) is 12.3. The maximum atomic E-state index is 13.0. The van der Waals surface area contributed by atoms with Crippen molar-refractivity contribution in [1.29, 1.82) is 0 Å². The topological polar surface area (TPSA) is 69.2 Å². The maximum absolute atomic E-state index is 13.0. The van der Waals surface area contributed by atoms with Gasteiger partial charge in [-0.1, -0.05) is 0 Å². The third-order valence-corrected chi connectivity index (χ3v) is 9.22. The molecule has 0 aliphatic rings. The van der Waals surface area contributed by atoms with Gasteiger partial charge >= 0.3 is 230 Å². The number of carbonyl (C=O) groups excluding carboxylic acids is 2. The third-order valence-electron chi connectivity index (χ3n) is 5.28. The van der Waals surface area contributed by atoms with E-state index in [1.807, 2.05) is 30.3 Å². The summed E-state index contributed by atoms with van der Waals surface area (Å²) >= 11 is 23.5. The molecule has 35 heavy (non-hydrogen) atoms. The van der Waals surface area contributed by atoms with Crippen molar-refractivity contribution in [3.8, 4) is 11.3 Å². The summed E-state index contributed by atoms with van der Waals surface area (Å²) in [5.74, 6) is -0.433. The molecule has 4 aromatic rings. The molecule has 0 N–H and O–H groups in total. The molecule has 5 nitrogen and oxygen atoms in total. The predicted octanol–water partition coefficient (Wildman–Crippen LogP) is 6.69. The van der Waals surface area contributed by atoms with E-state index < -0.39 is 26.4 Å². The van der Waals surface area contributed by atoms with Gasteiger partial charge < -0.3 is 0 Å². The van der Waals surface area contributed by atoms with Gasteiger partial charge in [-0.3, -0.25) is 0 Å². The minimum atomic E-state index is -1.48. The van der Waals surface area contributed by atoms with Crippen molar-refractivity contribution in [3.05, 3.63) is 92.1 Å². The SMILES string of the molecule is COC(=O)C(Cc1ccc2nc(-c3c(Cl)cncc3Cl)ccc2c1)[AsH]C(=O)c1c(Cl)cccc1Cl. The van der Waals surface area contributed by atoms with Crippen LogP contribution in [0.4, 0.5) is 0 Å². The van der Waals surface area contributed by atoms with Crippen LogP contribution in [0.2, 0.25) is 24.8 Å². The monoisotopic (exact) mass is 608 g/mol. The van der Waals surface area contributed by atoms with Gasteiger partial charge in [0, 0.05) is 0 Å². The first-order chi connectivity index (χ1) is 16.8. The van der Waals surface area contributed by atoms with Crippen LogP contribution in [0, 0.1) is 0 Å². The quantitative estimate of drug-likeness (QED) is 0.172. The van der Waals surface area contributed by atoms with Crippen LogP contribution >= 0.6 is 46.4 Å². The van der Waals surface area contributed by atoms with Crippen molar-refractivity contribution >= 4 is 83.6 Å². The predicted molar refractivity (Wildman–Crippen MR) is 142 cm³/mol. The number of hydrogen-bond donors (Lipinski definition) is 0. The van der Waals surface area contributed by atoms with E-state index >= 15 is 0 Å². The number of fused-ring (bicyclic) bond motifs is 1. The van der Waals surface area contributed by atoms with E-state index in [1.54, 1.807) is 18.2 Å². The van der Waals surface area contributed by atoms with Gasteiger partial charge in [-0.15, -0.1) is 0 Å². The average molecular weight is 610 g/mol. The summed E-state index contributed by atoms with van der Waals surface area (Å²) in [4.78, 5) is 34.2. The van der Waals surface area contributed by atoms with E-state index in [-0.39, 0.29) is 20.2 Å². The molecule has 0 saturated heterocycles. The summed E-state index contributed by atoms with van der Waals surface area (Å²) in [5, 5.41) is 2.25. The number of ether oxygens (including phenoxy) is 1. The van der Waals surface area contributed by atoms with Crippen molar-refractivity contribution in [2.24, 2.45) is 0 Å². The Morgan fingerprint density at radius 3 is 2.29 bits per heavy atom. The number of carbonyl (C=O) groups is 2. The van der Waals surface area contributed by atoms with Crippen molar-refractivity contribution in [2.75, 3.05) is 7.11 Å². The van der Waals surface area contributed by atoms with Crippen LogP contribution in [0.1, 0.15) is 15.9 Å². The molecule has 2 atom stereocenters. The Labute approximate surface area is 228 Å². The zero-order valence-electron chi connectivity index (χ0n) is 18.2. The molecule has 0 radical (unpaired) electrons. The van der Waals surface area contributed by atoms with Crippen LogP contribution in [0.3, 0.4) is 0 Å². The first kappa shape index (κ1) is 25.9. The molecule has 2 aromatic carbocycles. The zero-order valence-corrected chi connectivity index (χ0v) is 23.3. The molecule has 0 aliphatic heterocycles. The fourth-order valence-electron chi connectivity index (χ4n) is 3.61. The van der Waals surface area contributed by atoms with Crippen LogP contribution < -0.4 is 0 Å². The molecule has 0 fully saturated rings. The van der Waals surface area contributed by atoms with Crippen LogP contribution in [-0.2, 0) is 16.0 Å². The van der Waals surface area contributed by atoms with E-state index in [9.17, 15) is 9.59 Å². The molecule has 0 spiro atoms. The van der Waals surface area contributed by atoms with E-state index in [0.29, 0.717) is 27.7 Å². The summed E-state index contributed by atoms with van der Waals surface area (Å²) in [7, 11) is 1.32. The van der Waals surface area contributed by atoms with Crippen molar-refractivity contribution < 1.29 is 14.3 Å². The first-order valence-electron chi connectivity index (χ1n) is 10.3. The first-order valence-corrected chi connectivity index (χ1v) is 14.1. The van der Waals surface area contributed by atoms with Gasteiger partial charge in [-0.2, -0.15) is 0 Å². The number of benzene rings is 2. The van der Waals surface area contributed by atoms with Gasteiger partial charge in [0.2, 0.25) is 0 Å². The number of methoxy groups -OCH3 is 1. The fourth-order valence-corrected chi connectivity index (χ4v) is 7.81. The van der Waals surface area contributed by atoms with E-state index in [0.717, 1.165) is 16.5 Å².